The van der Waals surface area contributed by atoms with E-state index in [0.717, 1.165) is 17.4 Å². The molecule has 0 aliphatic heterocycles. The van der Waals surface area contributed by atoms with Gasteiger partial charge in [0, 0.05) is 4.88 Å². The number of alkyl halides is 3. The fourth-order valence-corrected chi connectivity index (χ4v) is 3.19. The Morgan fingerprint density at radius 2 is 2.06 bits per heavy atom. The number of amides is 1. The van der Waals surface area contributed by atoms with Crippen molar-refractivity contribution in [3.05, 3.63) is 15.8 Å². The summed E-state index contributed by atoms with van der Waals surface area (Å²) in [6, 6.07) is 0.959. The maximum Gasteiger partial charge on any atom is 0.405 e. The molecule has 102 valence electrons. The van der Waals surface area contributed by atoms with E-state index in [9.17, 15) is 26.4 Å². The van der Waals surface area contributed by atoms with Crippen LogP contribution in [0.25, 0.3) is 0 Å². The van der Waals surface area contributed by atoms with Gasteiger partial charge in [0.25, 0.3) is 5.91 Å². The van der Waals surface area contributed by atoms with E-state index in [2.05, 4.69) is 0 Å². The molecule has 0 unspecified atom stereocenters. The van der Waals surface area contributed by atoms with Crippen molar-refractivity contribution >= 4 is 27.3 Å². The first-order valence-electron chi connectivity index (χ1n) is 4.49. The fourth-order valence-electron chi connectivity index (χ4n) is 1.13. The second-order valence-corrected chi connectivity index (χ2v) is 6.16. The number of hydrogen-bond donors (Lipinski definition) is 2. The number of rotatable bonds is 3. The van der Waals surface area contributed by atoms with E-state index in [4.69, 9.17) is 5.14 Å². The molecule has 1 aromatic rings. The summed E-state index contributed by atoms with van der Waals surface area (Å²) in [5.41, 5.74) is 0. The second-order valence-electron chi connectivity index (χ2n) is 3.37. The summed E-state index contributed by atoms with van der Waals surface area (Å²) >= 11 is 0.761. The third-order valence-corrected chi connectivity index (χ3v) is 4.07. The Kier molecular flexibility index (Phi) is 4.03. The molecule has 0 saturated heterocycles. The van der Waals surface area contributed by atoms with Crippen LogP contribution in [0, 0.1) is 6.92 Å². The highest BCUT2D eigenvalue weighted by Crippen LogP contribution is 2.24. The van der Waals surface area contributed by atoms with Gasteiger partial charge < -0.3 is 5.32 Å². The summed E-state index contributed by atoms with van der Waals surface area (Å²) in [6.07, 6.45) is -4.52. The Morgan fingerprint density at radius 3 is 2.44 bits per heavy atom. The third-order valence-electron chi connectivity index (χ3n) is 1.85. The first-order chi connectivity index (χ1) is 8.00. The monoisotopic (exact) mass is 302 g/mol. The van der Waals surface area contributed by atoms with E-state index in [1.165, 1.54) is 6.92 Å². The fraction of sp³-hybridized carbons (Fsp3) is 0.375. The lowest BCUT2D eigenvalue weighted by molar-refractivity contribution is -0.123. The van der Waals surface area contributed by atoms with Gasteiger partial charge >= 0.3 is 6.18 Å². The van der Waals surface area contributed by atoms with E-state index < -0.39 is 28.7 Å². The van der Waals surface area contributed by atoms with Crippen LogP contribution in [0.2, 0.25) is 0 Å². The molecule has 3 N–H and O–H groups in total. The number of primary sulfonamides is 1. The van der Waals surface area contributed by atoms with E-state index in [-0.39, 0.29) is 14.6 Å². The molecule has 1 heterocycles. The highest BCUT2D eigenvalue weighted by Gasteiger charge is 2.28. The lowest BCUT2D eigenvalue weighted by Gasteiger charge is -2.06. The number of aryl methyl sites for hydroxylation is 1. The van der Waals surface area contributed by atoms with Gasteiger partial charge in [-0.1, -0.05) is 0 Å². The summed E-state index contributed by atoms with van der Waals surface area (Å²) < 4.78 is 57.8. The van der Waals surface area contributed by atoms with Gasteiger partial charge in [0.15, 0.2) is 0 Å². The van der Waals surface area contributed by atoms with Gasteiger partial charge in [0.1, 0.15) is 6.54 Å². The molecule has 10 heteroatoms. The first-order valence-corrected chi connectivity index (χ1v) is 6.85. The molecule has 0 aromatic carbocycles. The van der Waals surface area contributed by atoms with Gasteiger partial charge in [-0.05, 0) is 13.0 Å². The quantitative estimate of drug-likeness (QED) is 0.872. The molecule has 5 nitrogen and oxygen atoms in total. The average Bonchev–Trinajstić information content (AvgIpc) is 2.55. The SMILES string of the molecule is Cc1sc(C(=O)NCC(F)(F)F)cc1S(N)(=O)=O. The average molecular weight is 302 g/mol. The van der Waals surface area contributed by atoms with E-state index in [1.807, 2.05) is 0 Å². The zero-order valence-electron chi connectivity index (χ0n) is 9.04. The molecule has 0 spiro atoms. The van der Waals surface area contributed by atoms with E-state index in [1.54, 1.807) is 5.32 Å². The molecule has 18 heavy (non-hydrogen) atoms. The van der Waals surface area contributed by atoms with Crippen LogP contribution in [0.4, 0.5) is 13.2 Å². The van der Waals surface area contributed by atoms with Crippen molar-refractivity contribution < 1.29 is 26.4 Å². The van der Waals surface area contributed by atoms with Gasteiger partial charge in [0.05, 0.1) is 9.77 Å². The minimum absolute atomic E-state index is 0.138. The van der Waals surface area contributed by atoms with Crippen molar-refractivity contribution in [3.8, 4) is 0 Å². The number of thiophene rings is 1. The van der Waals surface area contributed by atoms with Gasteiger partial charge in [-0.15, -0.1) is 11.3 Å². The molecule has 0 fully saturated rings. The van der Waals surface area contributed by atoms with Crippen molar-refractivity contribution in [2.45, 2.75) is 18.0 Å². The van der Waals surface area contributed by atoms with Crippen molar-refractivity contribution in [3.63, 3.8) is 0 Å². The largest absolute Gasteiger partial charge is 0.405 e. The maximum absolute atomic E-state index is 11.9. The van der Waals surface area contributed by atoms with Gasteiger partial charge in [-0.3, -0.25) is 4.79 Å². The lowest BCUT2D eigenvalue weighted by Crippen LogP contribution is -2.33. The normalized spacial score (nSPS) is 12.5. The van der Waals surface area contributed by atoms with Crippen LogP contribution >= 0.6 is 11.3 Å². The second kappa shape index (κ2) is 4.86. The summed E-state index contributed by atoms with van der Waals surface area (Å²) in [6.45, 7) is -0.0710. The van der Waals surface area contributed by atoms with Gasteiger partial charge in [-0.25, -0.2) is 13.6 Å². The van der Waals surface area contributed by atoms with E-state index in [0.29, 0.717) is 0 Å². The summed E-state index contributed by atoms with van der Waals surface area (Å²) in [7, 11) is -3.98. The topological polar surface area (TPSA) is 89.3 Å². The van der Waals surface area contributed by atoms with Crippen LogP contribution in [0.1, 0.15) is 14.5 Å². The van der Waals surface area contributed by atoms with Crippen LogP contribution in [-0.4, -0.2) is 27.0 Å². The Labute approximate surface area is 105 Å². The van der Waals surface area contributed by atoms with Crippen LogP contribution in [0.5, 0.6) is 0 Å². The molecule has 0 aliphatic rings. The van der Waals surface area contributed by atoms with Crippen molar-refractivity contribution in [2.24, 2.45) is 5.14 Å². The summed E-state index contributed by atoms with van der Waals surface area (Å²) in [4.78, 5) is 11.2. The number of carbonyl (C=O) groups excluding carboxylic acids is 1. The van der Waals surface area contributed by atoms with Gasteiger partial charge in [-0.2, -0.15) is 13.2 Å². The van der Waals surface area contributed by atoms with Crippen LogP contribution in [0.15, 0.2) is 11.0 Å². The molecule has 1 aromatic heterocycles. The van der Waals surface area contributed by atoms with Crippen molar-refractivity contribution in [2.75, 3.05) is 6.54 Å². The predicted octanol–water partition coefficient (Wildman–Crippen LogP) is 0.996. The van der Waals surface area contributed by atoms with Crippen LogP contribution in [0.3, 0.4) is 0 Å². The minimum atomic E-state index is -4.52. The summed E-state index contributed by atoms with van der Waals surface area (Å²) in [5.74, 6) is -0.990. The molecule has 1 rings (SSSR count). The molecule has 1 amide bonds. The smallest absolute Gasteiger partial charge is 0.342 e. The van der Waals surface area contributed by atoms with Crippen molar-refractivity contribution in [1.82, 2.24) is 5.32 Å². The van der Waals surface area contributed by atoms with Crippen LogP contribution in [-0.2, 0) is 10.0 Å². The molecule has 0 saturated carbocycles. The third kappa shape index (κ3) is 3.96. The number of halogens is 3. The first kappa shape index (κ1) is 14.9. The molecule has 0 aliphatic carbocycles. The number of carbonyl (C=O) groups is 1. The zero-order chi connectivity index (χ0) is 14.1. The number of sulfonamides is 1. The number of nitrogens with one attached hydrogen (secondary N) is 1. The molecular weight excluding hydrogens is 293 g/mol. The minimum Gasteiger partial charge on any atom is -0.342 e. The van der Waals surface area contributed by atoms with Gasteiger partial charge in [0.2, 0.25) is 10.0 Å². The maximum atomic E-state index is 11.9. The Balaban J connectivity index is 2.90. The zero-order valence-corrected chi connectivity index (χ0v) is 10.7. The van der Waals surface area contributed by atoms with E-state index >= 15 is 0 Å². The number of hydrogen-bond acceptors (Lipinski definition) is 4. The predicted molar refractivity (Wildman–Crippen MR) is 58.8 cm³/mol. The highest BCUT2D eigenvalue weighted by molar-refractivity contribution is 7.89. The Bertz CT molecular complexity index is 563. The van der Waals surface area contributed by atoms with Crippen molar-refractivity contribution in [1.29, 1.82) is 0 Å². The van der Waals surface area contributed by atoms with Crippen LogP contribution < -0.4 is 10.5 Å². The molecular formula is C8H9F3N2O3S2. The summed E-state index contributed by atoms with van der Waals surface area (Å²) in [5, 5.41) is 6.52. The lowest BCUT2D eigenvalue weighted by atomic mass is 10.4. The molecule has 0 atom stereocenters. The molecule has 0 radical (unpaired) electrons. The standard InChI is InChI=1S/C8H9F3N2O3S2/c1-4-6(18(12,15)16)2-5(17-4)7(14)13-3-8(9,10)11/h2H,3H2,1H3,(H,13,14)(H2,12,15,16). The Morgan fingerprint density at radius 1 is 1.50 bits per heavy atom. The molecule has 0 bridgehead atoms. The Hall–Kier alpha value is -1.13. The number of nitrogens with two attached hydrogens (primary N) is 1. The highest BCUT2D eigenvalue weighted by atomic mass is 32.2.